The van der Waals surface area contributed by atoms with Gasteiger partial charge in [0.1, 0.15) is 0 Å². The number of aliphatic hydroxyl groups excluding tert-OH is 1. The van der Waals surface area contributed by atoms with Gasteiger partial charge in [0.25, 0.3) is 0 Å². The molecule has 0 saturated carbocycles. The first kappa shape index (κ1) is 13.7. The zero-order valence-electron chi connectivity index (χ0n) is 10.7. The van der Waals surface area contributed by atoms with Crippen LogP contribution in [0.25, 0.3) is 0 Å². The zero-order valence-corrected chi connectivity index (χ0v) is 11.5. The summed E-state index contributed by atoms with van der Waals surface area (Å²) in [5.74, 6) is 0.661. The van der Waals surface area contributed by atoms with Crippen molar-refractivity contribution in [3.05, 3.63) is 28.8 Å². The summed E-state index contributed by atoms with van der Waals surface area (Å²) in [7, 11) is 2.06. The Morgan fingerprint density at radius 1 is 1.39 bits per heavy atom. The summed E-state index contributed by atoms with van der Waals surface area (Å²) in [6.45, 7) is 2.75. The lowest BCUT2D eigenvalue weighted by Gasteiger charge is -2.29. The van der Waals surface area contributed by atoms with Crippen molar-refractivity contribution in [1.29, 1.82) is 0 Å². The summed E-state index contributed by atoms with van der Waals surface area (Å²) in [6.07, 6.45) is 2.22. The minimum Gasteiger partial charge on any atom is -0.392 e. The van der Waals surface area contributed by atoms with Crippen LogP contribution in [0.15, 0.2) is 18.2 Å². The van der Waals surface area contributed by atoms with Crippen LogP contribution in [-0.2, 0) is 11.3 Å². The smallest absolute Gasteiger partial charge is 0.0702 e. The molecule has 1 N–H and O–H groups in total. The molecule has 2 rings (SSSR count). The lowest BCUT2D eigenvalue weighted by Crippen LogP contribution is -2.30. The summed E-state index contributed by atoms with van der Waals surface area (Å²) in [5, 5.41) is 10.1. The second kappa shape index (κ2) is 6.41. The van der Waals surface area contributed by atoms with Gasteiger partial charge >= 0.3 is 0 Å². The molecule has 0 aliphatic carbocycles. The number of nitrogens with zero attached hydrogens (tertiary/aromatic N) is 1. The molecule has 0 radical (unpaired) electrons. The van der Waals surface area contributed by atoms with Crippen LogP contribution >= 0.6 is 11.6 Å². The van der Waals surface area contributed by atoms with E-state index in [4.69, 9.17) is 16.3 Å². The third kappa shape index (κ3) is 3.37. The van der Waals surface area contributed by atoms with Gasteiger partial charge in [-0.1, -0.05) is 17.7 Å². The summed E-state index contributed by atoms with van der Waals surface area (Å²) in [4.78, 5) is 2.19. The molecule has 1 aliphatic heterocycles. The molecule has 1 fully saturated rings. The number of ether oxygens (including phenoxy) is 1. The predicted molar refractivity (Wildman–Crippen MR) is 74.2 cm³/mol. The standard InChI is InChI=1S/C14H20ClNO2/c1-16(9-11-4-6-18-7-5-11)14-8-13(15)3-2-12(14)10-17/h2-3,8,11,17H,4-7,9-10H2,1H3. The third-order valence-electron chi connectivity index (χ3n) is 3.50. The zero-order chi connectivity index (χ0) is 13.0. The van der Waals surface area contributed by atoms with Crippen molar-refractivity contribution in [3.8, 4) is 0 Å². The number of benzene rings is 1. The Labute approximate surface area is 113 Å². The van der Waals surface area contributed by atoms with Crippen LogP contribution in [0, 0.1) is 5.92 Å². The maximum absolute atomic E-state index is 9.37. The van der Waals surface area contributed by atoms with Crippen molar-refractivity contribution in [1.82, 2.24) is 0 Å². The minimum atomic E-state index is 0.0462. The third-order valence-corrected chi connectivity index (χ3v) is 3.74. The Hall–Kier alpha value is -0.770. The first-order valence-electron chi connectivity index (χ1n) is 6.39. The molecule has 1 saturated heterocycles. The van der Waals surface area contributed by atoms with Gasteiger partial charge in [0.05, 0.1) is 6.61 Å². The van der Waals surface area contributed by atoms with Gasteiger partial charge in [0.15, 0.2) is 0 Å². The Kier molecular flexibility index (Phi) is 4.87. The topological polar surface area (TPSA) is 32.7 Å². The van der Waals surface area contributed by atoms with E-state index in [1.54, 1.807) is 0 Å². The molecule has 0 aromatic heterocycles. The van der Waals surface area contributed by atoms with E-state index in [1.165, 1.54) is 0 Å². The van der Waals surface area contributed by atoms with Crippen molar-refractivity contribution in [2.45, 2.75) is 19.4 Å². The molecule has 0 unspecified atom stereocenters. The van der Waals surface area contributed by atoms with Crippen LogP contribution in [0.2, 0.25) is 5.02 Å². The average molecular weight is 270 g/mol. The molecule has 3 nitrogen and oxygen atoms in total. The molecule has 1 aliphatic rings. The SMILES string of the molecule is CN(CC1CCOCC1)c1cc(Cl)ccc1CO. The second-order valence-electron chi connectivity index (χ2n) is 4.87. The summed E-state index contributed by atoms with van der Waals surface area (Å²) >= 11 is 6.03. The fourth-order valence-corrected chi connectivity index (χ4v) is 2.61. The Balaban J connectivity index is 2.07. The van der Waals surface area contributed by atoms with Gasteiger partial charge in [-0.15, -0.1) is 0 Å². The van der Waals surface area contributed by atoms with Crippen LogP contribution in [0.4, 0.5) is 5.69 Å². The van der Waals surface area contributed by atoms with Crippen molar-refractivity contribution in [2.24, 2.45) is 5.92 Å². The van der Waals surface area contributed by atoms with Crippen molar-refractivity contribution in [2.75, 3.05) is 31.7 Å². The number of halogens is 1. The van der Waals surface area contributed by atoms with E-state index in [-0.39, 0.29) is 6.61 Å². The Morgan fingerprint density at radius 3 is 2.78 bits per heavy atom. The van der Waals surface area contributed by atoms with Crippen LogP contribution in [0.3, 0.4) is 0 Å². The molecular weight excluding hydrogens is 250 g/mol. The monoisotopic (exact) mass is 269 g/mol. The number of anilines is 1. The van der Waals surface area contributed by atoms with Crippen molar-refractivity contribution in [3.63, 3.8) is 0 Å². The van der Waals surface area contributed by atoms with Gasteiger partial charge in [-0.25, -0.2) is 0 Å². The molecule has 0 amide bonds. The lowest BCUT2D eigenvalue weighted by atomic mass is 9.99. The highest BCUT2D eigenvalue weighted by Crippen LogP contribution is 2.26. The molecule has 1 aromatic rings. The first-order valence-corrected chi connectivity index (χ1v) is 6.76. The van der Waals surface area contributed by atoms with Crippen LogP contribution in [-0.4, -0.2) is 31.9 Å². The van der Waals surface area contributed by atoms with Gasteiger partial charge in [0.2, 0.25) is 0 Å². The van der Waals surface area contributed by atoms with Gasteiger partial charge in [-0.2, -0.15) is 0 Å². The average Bonchev–Trinajstić information content (AvgIpc) is 2.40. The lowest BCUT2D eigenvalue weighted by molar-refractivity contribution is 0.0685. The van der Waals surface area contributed by atoms with E-state index >= 15 is 0 Å². The van der Waals surface area contributed by atoms with E-state index in [9.17, 15) is 5.11 Å². The number of rotatable bonds is 4. The predicted octanol–water partition coefficient (Wildman–Crippen LogP) is 2.70. The van der Waals surface area contributed by atoms with E-state index < -0.39 is 0 Å². The van der Waals surface area contributed by atoms with Crippen molar-refractivity contribution >= 4 is 17.3 Å². The molecule has 1 aromatic carbocycles. The Bertz CT molecular complexity index is 391. The first-order chi connectivity index (χ1) is 8.70. The van der Waals surface area contributed by atoms with Crippen LogP contribution in [0.1, 0.15) is 18.4 Å². The van der Waals surface area contributed by atoms with Crippen LogP contribution in [0.5, 0.6) is 0 Å². The number of hydrogen-bond donors (Lipinski definition) is 1. The maximum Gasteiger partial charge on any atom is 0.0702 e. The molecule has 4 heteroatoms. The number of aliphatic hydroxyl groups is 1. The maximum atomic E-state index is 9.37. The van der Waals surface area contributed by atoms with Crippen molar-refractivity contribution < 1.29 is 9.84 Å². The molecule has 100 valence electrons. The largest absolute Gasteiger partial charge is 0.392 e. The van der Waals surface area contributed by atoms with E-state index in [0.717, 1.165) is 43.9 Å². The van der Waals surface area contributed by atoms with E-state index in [1.807, 2.05) is 18.2 Å². The fourth-order valence-electron chi connectivity index (χ4n) is 2.44. The molecule has 0 atom stereocenters. The summed E-state index contributed by atoms with van der Waals surface area (Å²) in [6, 6.07) is 5.63. The summed E-state index contributed by atoms with van der Waals surface area (Å²) < 4.78 is 5.37. The van der Waals surface area contributed by atoms with Crippen LogP contribution < -0.4 is 4.90 Å². The molecule has 1 heterocycles. The second-order valence-corrected chi connectivity index (χ2v) is 5.30. The highest BCUT2D eigenvalue weighted by atomic mass is 35.5. The minimum absolute atomic E-state index is 0.0462. The van der Waals surface area contributed by atoms with Gasteiger partial charge in [0, 0.05) is 43.1 Å². The van der Waals surface area contributed by atoms with Gasteiger partial charge in [-0.05, 0) is 30.9 Å². The normalized spacial score (nSPS) is 16.8. The van der Waals surface area contributed by atoms with E-state index in [0.29, 0.717) is 10.9 Å². The molecular formula is C14H20ClNO2. The van der Waals surface area contributed by atoms with E-state index in [2.05, 4.69) is 11.9 Å². The summed E-state index contributed by atoms with van der Waals surface area (Å²) in [5.41, 5.74) is 1.95. The molecule has 18 heavy (non-hydrogen) atoms. The quantitative estimate of drug-likeness (QED) is 0.912. The van der Waals surface area contributed by atoms with Gasteiger partial charge in [-0.3, -0.25) is 0 Å². The molecule has 0 spiro atoms. The highest BCUT2D eigenvalue weighted by Gasteiger charge is 2.17. The van der Waals surface area contributed by atoms with Gasteiger partial charge < -0.3 is 14.7 Å². The number of hydrogen-bond acceptors (Lipinski definition) is 3. The molecule has 0 bridgehead atoms. The fraction of sp³-hybridized carbons (Fsp3) is 0.571. The highest BCUT2D eigenvalue weighted by molar-refractivity contribution is 6.30. The Morgan fingerprint density at radius 2 is 2.11 bits per heavy atom.